The van der Waals surface area contributed by atoms with E-state index in [1.807, 2.05) is 0 Å². The van der Waals surface area contributed by atoms with Gasteiger partial charge in [0.05, 0.1) is 0 Å². The van der Waals surface area contributed by atoms with Crippen molar-refractivity contribution in [1.82, 2.24) is 4.90 Å². The van der Waals surface area contributed by atoms with E-state index in [0.717, 1.165) is 25.6 Å². The summed E-state index contributed by atoms with van der Waals surface area (Å²) in [6, 6.07) is 0. The first-order valence-electron chi connectivity index (χ1n) is 7.50. The molecule has 2 nitrogen and oxygen atoms in total. The molecule has 0 heterocycles. The van der Waals surface area contributed by atoms with Gasteiger partial charge >= 0.3 is 0 Å². The fourth-order valence-corrected chi connectivity index (χ4v) is 2.86. The molecule has 0 bridgehead atoms. The third-order valence-electron chi connectivity index (χ3n) is 4.23. The van der Waals surface area contributed by atoms with Gasteiger partial charge < -0.3 is 10.6 Å². The molecule has 0 atom stereocenters. The molecular weight excluding hydrogens is 208 g/mol. The highest BCUT2D eigenvalue weighted by Gasteiger charge is 2.20. The van der Waals surface area contributed by atoms with Gasteiger partial charge in [0.25, 0.3) is 0 Å². The van der Waals surface area contributed by atoms with Gasteiger partial charge in [0.15, 0.2) is 0 Å². The molecule has 0 saturated heterocycles. The van der Waals surface area contributed by atoms with Crippen molar-refractivity contribution < 1.29 is 0 Å². The summed E-state index contributed by atoms with van der Waals surface area (Å²) in [6.45, 7) is 11.2. The molecule has 0 amide bonds. The lowest BCUT2D eigenvalue weighted by molar-refractivity contribution is 0.173. The van der Waals surface area contributed by atoms with E-state index in [2.05, 4.69) is 25.7 Å². The Bertz CT molecular complexity index is 195. The van der Waals surface area contributed by atoms with Crippen molar-refractivity contribution >= 4 is 0 Å². The van der Waals surface area contributed by atoms with E-state index in [0.29, 0.717) is 0 Å². The highest BCUT2D eigenvalue weighted by Crippen LogP contribution is 2.26. The van der Waals surface area contributed by atoms with Crippen molar-refractivity contribution in [2.75, 3.05) is 26.2 Å². The van der Waals surface area contributed by atoms with Gasteiger partial charge in [-0.1, -0.05) is 52.9 Å². The number of hydrogen-bond acceptors (Lipinski definition) is 2. The maximum Gasteiger partial charge on any atom is 0.00446 e. The minimum absolute atomic E-state index is 0.266. The lowest BCUT2D eigenvalue weighted by Crippen LogP contribution is -2.39. The molecule has 17 heavy (non-hydrogen) atoms. The third kappa shape index (κ3) is 5.87. The first-order valence-corrected chi connectivity index (χ1v) is 7.50. The number of hydrogen-bond donors (Lipinski definition) is 1. The number of nitrogens with two attached hydrogens (primary N) is 1. The fourth-order valence-electron chi connectivity index (χ4n) is 2.86. The normalized spacial score (nSPS) is 18.9. The Balaban J connectivity index is 2.26. The highest BCUT2D eigenvalue weighted by molar-refractivity contribution is 4.75. The highest BCUT2D eigenvalue weighted by atomic mass is 15.1. The average Bonchev–Trinajstić information content (AvgIpc) is 2.35. The van der Waals surface area contributed by atoms with E-state index < -0.39 is 0 Å². The van der Waals surface area contributed by atoms with Gasteiger partial charge in [-0.25, -0.2) is 0 Å². The van der Waals surface area contributed by atoms with Gasteiger partial charge in [0.2, 0.25) is 0 Å². The molecule has 102 valence electrons. The topological polar surface area (TPSA) is 29.3 Å². The Hall–Kier alpha value is -0.0800. The van der Waals surface area contributed by atoms with E-state index in [9.17, 15) is 0 Å². The minimum atomic E-state index is 0.266. The molecule has 0 aromatic heterocycles. The molecule has 0 spiro atoms. The molecule has 1 saturated carbocycles. The Morgan fingerprint density at radius 3 is 2.35 bits per heavy atom. The quantitative estimate of drug-likeness (QED) is 0.740. The van der Waals surface area contributed by atoms with Crippen molar-refractivity contribution in [3.05, 3.63) is 0 Å². The summed E-state index contributed by atoms with van der Waals surface area (Å²) in [4.78, 5) is 2.58. The van der Waals surface area contributed by atoms with Crippen molar-refractivity contribution in [3.8, 4) is 0 Å². The lowest BCUT2D eigenvalue weighted by Gasteiger charge is -2.32. The van der Waals surface area contributed by atoms with Crippen LogP contribution in [0.15, 0.2) is 0 Å². The Morgan fingerprint density at radius 1 is 1.18 bits per heavy atom. The second-order valence-corrected chi connectivity index (χ2v) is 6.53. The molecule has 1 aliphatic carbocycles. The van der Waals surface area contributed by atoms with Crippen LogP contribution in [0.3, 0.4) is 0 Å². The van der Waals surface area contributed by atoms with Gasteiger partial charge in [-0.15, -0.1) is 0 Å². The molecule has 0 aromatic rings. The Labute approximate surface area is 108 Å². The van der Waals surface area contributed by atoms with Gasteiger partial charge in [-0.2, -0.15) is 0 Å². The second-order valence-electron chi connectivity index (χ2n) is 6.53. The average molecular weight is 240 g/mol. The maximum absolute atomic E-state index is 5.82. The number of nitrogens with zero attached hydrogens (tertiary/aromatic N) is 1. The van der Waals surface area contributed by atoms with E-state index >= 15 is 0 Å². The first kappa shape index (κ1) is 15.0. The van der Waals surface area contributed by atoms with E-state index in [1.165, 1.54) is 45.1 Å². The lowest BCUT2D eigenvalue weighted by atomic mass is 9.86. The van der Waals surface area contributed by atoms with E-state index in [-0.39, 0.29) is 5.41 Å². The molecule has 1 aliphatic rings. The van der Waals surface area contributed by atoms with Crippen LogP contribution >= 0.6 is 0 Å². The Morgan fingerprint density at radius 2 is 1.82 bits per heavy atom. The van der Waals surface area contributed by atoms with Crippen LogP contribution < -0.4 is 5.73 Å². The van der Waals surface area contributed by atoms with Crippen molar-refractivity contribution in [2.24, 2.45) is 17.1 Å². The maximum atomic E-state index is 5.82. The van der Waals surface area contributed by atoms with E-state index in [1.54, 1.807) is 0 Å². The molecule has 1 rings (SSSR count). The van der Waals surface area contributed by atoms with Gasteiger partial charge in [0.1, 0.15) is 0 Å². The second kappa shape index (κ2) is 7.38. The van der Waals surface area contributed by atoms with Crippen LogP contribution in [0.25, 0.3) is 0 Å². The molecule has 2 N–H and O–H groups in total. The molecule has 0 aliphatic heterocycles. The van der Waals surface area contributed by atoms with Crippen LogP contribution in [0.5, 0.6) is 0 Å². The van der Waals surface area contributed by atoms with Crippen molar-refractivity contribution in [2.45, 2.75) is 59.3 Å². The summed E-state index contributed by atoms with van der Waals surface area (Å²) < 4.78 is 0. The molecule has 1 fully saturated rings. The summed E-state index contributed by atoms with van der Waals surface area (Å²) in [7, 11) is 0. The van der Waals surface area contributed by atoms with Crippen LogP contribution in [-0.4, -0.2) is 31.1 Å². The fraction of sp³-hybridized carbons (Fsp3) is 1.00. The first-order chi connectivity index (χ1) is 8.07. The smallest absolute Gasteiger partial charge is 0.00446 e. The summed E-state index contributed by atoms with van der Waals surface area (Å²) in [6.07, 6.45) is 8.73. The van der Waals surface area contributed by atoms with Gasteiger partial charge in [-0.05, 0) is 37.4 Å². The minimum Gasteiger partial charge on any atom is -0.330 e. The summed E-state index contributed by atoms with van der Waals surface area (Å²) in [5.74, 6) is 0.999. The molecule has 2 heteroatoms. The standard InChI is InChI=1S/C15H32N2/c1-4-17(13-15(2,3)12-16)11-10-14-8-6-5-7-9-14/h14H,4-13,16H2,1-3H3. The molecule has 0 radical (unpaired) electrons. The predicted octanol–water partition coefficient (Wildman–Crippen LogP) is 3.26. The zero-order valence-corrected chi connectivity index (χ0v) is 12.2. The van der Waals surface area contributed by atoms with Crippen LogP contribution in [0, 0.1) is 11.3 Å². The summed E-state index contributed by atoms with van der Waals surface area (Å²) in [5, 5.41) is 0. The van der Waals surface area contributed by atoms with Crippen molar-refractivity contribution in [3.63, 3.8) is 0 Å². The number of rotatable bonds is 7. The van der Waals surface area contributed by atoms with Crippen molar-refractivity contribution in [1.29, 1.82) is 0 Å². The van der Waals surface area contributed by atoms with Crippen LogP contribution in [0.4, 0.5) is 0 Å². The Kier molecular flexibility index (Phi) is 6.50. The molecule has 0 aromatic carbocycles. The largest absolute Gasteiger partial charge is 0.330 e. The van der Waals surface area contributed by atoms with Gasteiger partial charge in [0, 0.05) is 6.54 Å². The molecular formula is C15H32N2. The van der Waals surface area contributed by atoms with E-state index in [4.69, 9.17) is 5.73 Å². The third-order valence-corrected chi connectivity index (χ3v) is 4.23. The SMILES string of the molecule is CCN(CCC1CCCCC1)CC(C)(C)CN. The van der Waals surface area contributed by atoms with Crippen LogP contribution in [0.2, 0.25) is 0 Å². The van der Waals surface area contributed by atoms with Crippen LogP contribution in [0.1, 0.15) is 59.3 Å². The summed E-state index contributed by atoms with van der Waals surface area (Å²) >= 11 is 0. The van der Waals surface area contributed by atoms with Crippen LogP contribution in [-0.2, 0) is 0 Å². The predicted molar refractivity (Wildman–Crippen MR) is 76.1 cm³/mol. The summed E-state index contributed by atoms with van der Waals surface area (Å²) in [5.41, 5.74) is 6.09. The monoisotopic (exact) mass is 240 g/mol. The molecule has 0 unspecified atom stereocenters. The zero-order chi connectivity index (χ0) is 12.7. The van der Waals surface area contributed by atoms with Gasteiger partial charge in [-0.3, -0.25) is 0 Å². The zero-order valence-electron chi connectivity index (χ0n) is 12.2.